The van der Waals surface area contributed by atoms with Crippen LogP contribution in [-0.4, -0.2) is 23.1 Å². The van der Waals surface area contributed by atoms with Crippen molar-refractivity contribution in [2.45, 2.75) is 39.0 Å². The van der Waals surface area contributed by atoms with E-state index in [1.165, 1.54) is 16.7 Å². The lowest BCUT2D eigenvalue weighted by atomic mass is 9.80. The number of piperidine rings is 1. The van der Waals surface area contributed by atoms with E-state index in [9.17, 15) is 0 Å². The van der Waals surface area contributed by atoms with Gasteiger partial charge in [0.25, 0.3) is 0 Å². The third kappa shape index (κ3) is 2.50. The van der Waals surface area contributed by atoms with E-state index in [1.807, 2.05) is 6.20 Å². The average molecular weight is 269 g/mol. The molecule has 1 saturated heterocycles. The summed E-state index contributed by atoms with van der Waals surface area (Å²) in [7, 11) is 0. The van der Waals surface area contributed by atoms with Crippen molar-refractivity contribution < 1.29 is 0 Å². The molecule has 1 aliphatic rings. The van der Waals surface area contributed by atoms with Crippen LogP contribution in [0.25, 0.3) is 11.3 Å². The minimum absolute atomic E-state index is 0.183. The Morgan fingerprint density at radius 2 is 1.70 bits per heavy atom. The zero-order valence-electron chi connectivity index (χ0n) is 12.6. The van der Waals surface area contributed by atoms with Gasteiger partial charge in [-0.2, -0.15) is 0 Å². The number of aryl methyl sites for hydroxylation is 2. The number of hydrogen-bond acceptors (Lipinski definition) is 2. The van der Waals surface area contributed by atoms with Crippen LogP contribution in [0.1, 0.15) is 36.7 Å². The van der Waals surface area contributed by atoms with Crippen LogP contribution in [0.5, 0.6) is 0 Å². The Morgan fingerprint density at radius 1 is 1.05 bits per heavy atom. The summed E-state index contributed by atoms with van der Waals surface area (Å²) in [6.07, 6.45) is 4.27. The predicted molar refractivity (Wildman–Crippen MR) is 83.0 cm³/mol. The fraction of sp³-hybridized carbons (Fsp3) is 0.471. The summed E-state index contributed by atoms with van der Waals surface area (Å²) in [4.78, 5) is 8.22. The van der Waals surface area contributed by atoms with E-state index >= 15 is 0 Å². The highest BCUT2D eigenvalue weighted by Crippen LogP contribution is 2.32. The summed E-state index contributed by atoms with van der Waals surface area (Å²) in [6.45, 7) is 8.76. The number of nitrogens with one attached hydrogen (secondary N) is 2. The lowest BCUT2D eigenvalue weighted by molar-refractivity contribution is 0.321. The van der Waals surface area contributed by atoms with Gasteiger partial charge in [0.05, 0.1) is 11.9 Å². The van der Waals surface area contributed by atoms with Crippen LogP contribution < -0.4 is 5.32 Å². The number of aromatic nitrogens is 2. The molecule has 0 unspecified atom stereocenters. The number of nitrogens with zero attached hydrogens (tertiary/aromatic N) is 1. The zero-order chi connectivity index (χ0) is 14.2. The number of H-pyrrole nitrogens is 1. The molecule has 0 atom stereocenters. The third-order valence-corrected chi connectivity index (χ3v) is 4.39. The molecule has 0 radical (unpaired) electrons. The van der Waals surface area contributed by atoms with Gasteiger partial charge in [-0.25, -0.2) is 4.98 Å². The van der Waals surface area contributed by atoms with Gasteiger partial charge in [0, 0.05) is 11.0 Å². The Morgan fingerprint density at radius 3 is 2.35 bits per heavy atom. The molecule has 1 aromatic carbocycles. The van der Waals surface area contributed by atoms with Gasteiger partial charge in [0.1, 0.15) is 5.82 Å². The van der Waals surface area contributed by atoms with Gasteiger partial charge >= 0.3 is 0 Å². The minimum atomic E-state index is 0.183. The van der Waals surface area contributed by atoms with Gasteiger partial charge in [-0.3, -0.25) is 0 Å². The minimum Gasteiger partial charge on any atom is -0.342 e. The van der Waals surface area contributed by atoms with Crippen molar-refractivity contribution in [2.24, 2.45) is 0 Å². The fourth-order valence-electron chi connectivity index (χ4n) is 3.12. The molecule has 2 aromatic rings. The Hall–Kier alpha value is -1.61. The summed E-state index contributed by atoms with van der Waals surface area (Å²) in [6, 6.07) is 6.64. The summed E-state index contributed by atoms with van der Waals surface area (Å²) in [5.74, 6) is 1.13. The van der Waals surface area contributed by atoms with Gasteiger partial charge in [-0.1, -0.05) is 24.1 Å². The van der Waals surface area contributed by atoms with Crippen molar-refractivity contribution in [2.75, 3.05) is 13.1 Å². The molecule has 1 aliphatic heterocycles. The lowest BCUT2D eigenvalue weighted by Gasteiger charge is -2.32. The van der Waals surface area contributed by atoms with Crippen LogP contribution in [0.4, 0.5) is 0 Å². The third-order valence-electron chi connectivity index (χ3n) is 4.39. The first-order chi connectivity index (χ1) is 9.57. The van der Waals surface area contributed by atoms with Gasteiger partial charge in [0.2, 0.25) is 0 Å². The van der Waals surface area contributed by atoms with Crippen LogP contribution in [0.15, 0.2) is 24.4 Å². The van der Waals surface area contributed by atoms with Gasteiger partial charge in [0.15, 0.2) is 0 Å². The highest BCUT2D eigenvalue weighted by molar-refractivity contribution is 5.61. The molecule has 0 spiro atoms. The molecule has 3 rings (SSSR count). The van der Waals surface area contributed by atoms with Crippen LogP contribution in [0, 0.1) is 13.8 Å². The van der Waals surface area contributed by atoms with Crippen molar-refractivity contribution in [1.82, 2.24) is 15.3 Å². The first-order valence-corrected chi connectivity index (χ1v) is 7.42. The maximum atomic E-state index is 4.66. The highest BCUT2D eigenvalue weighted by Gasteiger charge is 2.31. The van der Waals surface area contributed by atoms with E-state index in [2.05, 4.69) is 54.3 Å². The highest BCUT2D eigenvalue weighted by atomic mass is 15.0. The number of imidazole rings is 1. The van der Waals surface area contributed by atoms with Crippen molar-refractivity contribution in [3.05, 3.63) is 41.3 Å². The predicted octanol–water partition coefficient (Wildman–Crippen LogP) is 3.33. The second-order valence-electron chi connectivity index (χ2n) is 6.33. The van der Waals surface area contributed by atoms with E-state index in [0.717, 1.165) is 37.4 Å². The Balaban J connectivity index is 1.93. The number of benzene rings is 1. The molecule has 0 saturated carbocycles. The van der Waals surface area contributed by atoms with Crippen molar-refractivity contribution in [1.29, 1.82) is 0 Å². The SMILES string of the molecule is Cc1cc(C)cc(-c2cnc(C3(C)CCNCC3)[nH]2)c1. The topological polar surface area (TPSA) is 40.7 Å². The lowest BCUT2D eigenvalue weighted by Crippen LogP contribution is -2.38. The van der Waals surface area contributed by atoms with Gasteiger partial charge < -0.3 is 10.3 Å². The molecule has 106 valence electrons. The van der Waals surface area contributed by atoms with Crippen LogP contribution >= 0.6 is 0 Å². The maximum absolute atomic E-state index is 4.66. The fourth-order valence-corrected chi connectivity index (χ4v) is 3.12. The normalized spacial score (nSPS) is 18.1. The summed E-state index contributed by atoms with van der Waals surface area (Å²) in [5, 5.41) is 3.42. The molecule has 2 N–H and O–H groups in total. The quantitative estimate of drug-likeness (QED) is 0.878. The Labute approximate surface area is 120 Å². The van der Waals surface area contributed by atoms with E-state index in [0.29, 0.717) is 0 Å². The second-order valence-corrected chi connectivity index (χ2v) is 6.33. The van der Waals surface area contributed by atoms with Crippen LogP contribution in [0.3, 0.4) is 0 Å². The van der Waals surface area contributed by atoms with E-state index in [4.69, 9.17) is 0 Å². The van der Waals surface area contributed by atoms with E-state index < -0.39 is 0 Å². The monoisotopic (exact) mass is 269 g/mol. The van der Waals surface area contributed by atoms with Gasteiger partial charge in [-0.15, -0.1) is 0 Å². The Kier molecular flexibility index (Phi) is 3.38. The molecule has 0 amide bonds. The zero-order valence-corrected chi connectivity index (χ0v) is 12.6. The molecule has 1 aromatic heterocycles. The molecule has 20 heavy (non-hydrogen) atoms. The summed E-state index contributed by atoms with van der Waals surface area (Å²) < 4.78 is 0. The Bertz CT molecular complexity index is 586. The average Bonchev–Trinajstić information content (AvgIpc) is 2.89. The molecule has 3 nitrogen and oxygen atoms in total. The smallest absolute Gasteiger partial charge is 0.112 e. The first-order valence-electron chi connectivity index (χ1n) is 7.42. The number of hydrogen-bond donors (Lipinski definition) is 2. The summed E-state index contributed by atoms with van der Waals surface area (Å²) >= 11 is 0. The van der Waals surface area contributed by atoms with Gasteiger partial charge in [-0.05, 0) is 51.9 Å². The molecular formula is C17H23N3. The van der Waals surface area contributed by atoms with Crippen molar-refractivity contribution in [3.8, 4) is 11.3 Å². The molecule has 1 fully saturated rings. The maximum Gasteiger partial charge on any atom is 0.112 e. The molecular weight excluding hydrogens is 246 g/mol. The van der Waals surface area contributed by atoms with Crippen molar-refractivity contribution >= 4 is 0 Å². The van der Waals surface area contributed by atoms with Crippen LogP contribution in [0.2, 0.25) is 0 Å². The number of aromatic amines is 1. The number of rotatable bonds is 2. The van der Waals surface area contributed by atoms with E-state index in [-0.39, 0.29) is 5.41 Å². The first kappa shape index (κ1) is 13.4. The van der Waals surface area contributed by atoms with Crippen LogP contribution in [-0.2, 0) is 5.41 Å². The second kappa shape index (κ2) is 5.06. The molecule has 0 aliphatic carbocycles. The van der Waals surface area contributed by atoms with Crippen molar-refractivity contribution in [3.63, 3.8) is 0 Å². The van der Waals surface area contributed by atoms with E-state index in [1.54, 1.807) is 0 Å². The molecule has 0 bridgehead atoms. The standard InChI is InChI=1S/C17H23N3/c1-12-8-13(2)10-14(9-12)15-11-19-16(20-15)17(3)4-6-18-7-5-17/h8-11,18H,4-7H2,1-3H3,(H,19,20). The molecule has 3 heteroatoms. The largest absolute Gasteiger partial charge is 0.342 e. The molecule has 2 heterocycles. The summed E-state index contributed by atoms with van der Waals surface area (Å²) in [5.41, 5.74) is 5.14.